The number of phenols is 1. The lowest BCUT2D eigenvalue weighted by Gasteiger charge is -2.33. The first kappa shape index (κ1) is 37.4. The van der Waals surface area contributed by atoms with Gasteiger partial charge >= 0.3 is 11.9 Å². The summed E-state index contributed by atoms with van der Waals surface area (Å²) in [5.41, 5.74) is 1.05. The van der Waals surface area contributed by atoms with Crippen molar-refractivity contribution in [3.05, 3.63) is 70.7 Å². The van der Waals surface area contributed by atoms with Crippen LogP contribution in [0.3, 0.4) is 0 Å². The van der Waals surface area contributed by atoms with Gasteiger partial charge in [0.2, 0.25) is 5.76 Å². The SMILES string of the molecule is CCCCCC(CC)CN(CC(CC)CCCC)c1ccc(C(=O)c2ccccc2C(=O)OC[C@H](C)[C@H]2OC(=O)C(O)=C2O)c(O)c1. The van der Waals surface area contributed by atoms with Crippen molar-refractivity contribution in [3.8, 4) is 5.75 Å². The number of aliphatic hydroxyl groups is 2. The van der Waals surface area contributed by atoms with Gasteiger partial charge in [-0.25, -0.2) is 9.59 Å². The Morgan fingerprint density at radius 3 is 2.02 bits per heavy atom. The van der Waals surface area contributed by atoms with Crippen LogP contribution in [0.15, 0.2) is 54.0 Å². The maximum absolute atomic E-state index is 13.7. The predicted octanol–water partition coefficient (Wildman–Crippen LogP) is 8.30. The molecule has 2 unspecified atom stereocenters. The Morgan fingerprint density at radius 2 is 1.47 bits per heavy atom. The third-order valence-electron chi connectivity index (χ3n) is 9.21. The van der Waals surface area contributed by atoms with Gasteiger partial charge in [0, 0.05) is 36.3 Å². The van der Waals surface area contributed by atoms with Crippen LogP contribution in [-0.2, 0) is 14.3 Å². The van der Waals surface area contributed by atoms with Gasteiger partial charge in [-0.2, -0.15) is 0 Å². The molecule has 1 aliphatic heterocycles. The Bertz CT molecular complexity index is 1390. The fraction of sp³-hybridized carbons (Fsp3) is 0.553. The van der Waals surface area contributed by atoms with Crippen LogP contribution in [0.5, 0.6) is 5.75 Å². The maximum atomic E-state index is 13.7. The molecular formula is C38H53NO8. The highest BCUT2D eigenvalue weighted by Crippen LogP contribution is 2.31. The second-order valence-electron chi connectivity index (χ2n) is 12.8. The molecule has 0 saturated heterocycles. The molecule has 258 valence electrons. The molecule has 0 amide bonds. The number of cyclic esters (lactones) is 1. The number of benzene rings is 2. The van der Waals surface area contributed by atoms with E-state index >= 15 is 0 Å². The molecule has 4 atom stereocenters. The number of anilines is 1. The third kappa shape index (κ3) is 9.99. The van der Waals surface area contributed by atoms with Gasteiger partial charge in [-0.05, 0) is 42.9 Å². The number of esters is 2. The molecule has 0 radical (unpaired) electrons. The van der Waals surface area contributed by atoms with Crippen LogP contribution >= 0.6 is 0 Å². The molecule has 2 aromatic carbocycles. The Hall–Kier alpha value is -4.01. The van der Waals surface area contributed by atoms with Gasteiger partial charge < -0.3 is 29.7 Å². The van der Waals surface area contributed by atoms with E-state index in [-0.39, 0.29) is 29.0 Å². The standard InChI is InChI=1S/C38H53NO8/c1-6-10-12-16-27(9-4)23-39(22-26(8-3)15-11-7-2)28-19-20-31(32(40)21-28)33(41)29-17-13-14-18-30(29)37(44)46-24-25(5)36-34(42)35(43)38(45)47-36/h13-14,17-21,25-27,36,40,42-43H,6-12,15-16,22-24H2,1-5H3/t25-,26?,27?,36+/m0/s1. The highest BCUT2D eigenvalue weighted by Gasteiger charge is 2.38. The number of phenolic OH excluding ortho intramolecular Hbond substituents is 1. The number of rotatable bonds is 20. The summed E-state index contributed by atoms with van der Waals surface area (Å²) in [5.74, 6) is -3.59. The van der Waals surface area contributed by atoms with Crippen molar-refractivity contribution in [2.75, 3.05) is 24.6 Å². The highest BCUT2D eigenvalue weighted by molar-refractivity contribution is 6.15. The Kier molecular flexibility index (Phi) is 14.6. The van der Waals surface area contributed by atoms with Gasteiger partial charge in [-0.1, -0.05) is 97.8 Å². The maximum Gasteiger partial charge on any atom is 0.377 e. The first-order valence-corrected chi connectivity index (χ1v) is 17.3. The molecule has 1 aliphatic rings. The average Bonchev–Trinajstić information content (AvgIpc) is 3.34. The number of aromatic hydroxyl groups is 1. The Balaban J connectivity index is 1.81. The zero-order valence-electron chi connectivity index (χ0n) is 28.7. The Labute approximate surface area is 279 Å². The molecular weight excluding hydrogens is 598 g/mol. The second kappa shape index (κ2) is 18.4. The first-order chi connectivity index (χ1) is 22.6. The van der Waals surface area contributed by atoms with Gasteiger partial charge in [0.1, 0.15) is 5.75 Å². The van der Waals surface area contributed by atoms with E-state index in [1.54, 1.807) is 31.2 Å². The number of hydrogen-bond donors (Lipinski definition) is 3. The predicted molar refractivity (Wildman–Crippen MR) is 183 cm³/mol. The van der Waals surface area contributed by atoms with E-state index in [9.17, 15) is 29.7 Å². The lowest BCUT2D eigenvalue weighted by atomic mass is 9.94. The molecule has 0 aromatic heterocycles. The van der Waals surface area contributed by atoms with Crippen molar-refractivity contribution in [2.45, 2.75) is 98.5 Å². The van der Waals surface area contributed by atoms with Crippen LogP contribution < -0.4 is 4.90 Å². The Morgan fingerprint density at radius 1 is 0.851 bits per heavy atom. The molecule has 3 N–H and O–H groups in total. The van der Waals surface area contributed by atoms with Crippen LogP contribution in [0.25, 0.3) is 0 Å². The molecule has 47 heavy (non-hydrogen) atoms. The zero-order valence-corrected chi connectivity index (χ0v) is 28.7. The second-order valence-corrected chi connectivity index (χ2v) is 12.8. The van der Waals surface area contributed by atoms with Crippen LogP contribution in [0.2, 0.25) is 0 Å². The highest BCUT2D eigenvalue weighted by atomic mass is 16.6. The number of hydrogen-bond acceptors (Lipinski definition) is 9. The van der Waals surface area contributed by atoms with Crippen LogP contribution in [0.1, 0.15) is 119 Å². The summed E-state index contributed by atoms with van der Waals surface area (Å²) in [6.07, 6.45) is 9.24. The summed E-state index contributed by atoms with van der Waals surface area (Å²) in [5, 5.41) is 30.7. The van der Waals surface area contributed by atoms with Crippen LogP contribution in [0.4, 0.5) is 5.69 Å². The van der Waals surface area contributed by atoms with Crippen molar-refractivity contribution < 1.29 is 39.2 Å². The normalized spacial score (nSPS) is 16.4. The van der Waals surface area contributed by atoms with E-state index < -0.39 is 41.3 Å². The van der Waals surface area contributed by atoms with Crippen molar-refractivity contribution in [1.82, 2.24) is 0 Å². The lowest BCUT2D eigenvalue weighted by Crippen LogP contribution is -2.34. The third-order valence-corrected chi connectivity index (χ3v) is 9.21. The number of carbonyl (C=O) groups is 3. The summed E-state index contributed by atoms with van der Waals surface area (Å²) < 4.78 is 10.4. The number of ketones is 1. The molecule has 2 aromatic rings. The molecule has 9 nitrogen and oxygen atoms in total. The molecule has 0 bridgehead atoms. The molecule has 1 heterocycles. The summed E-state index contributed by atoms with van der Waals surface area (Å²) >= 11 is 0. The molecule has 0 aliphatic carbocycles. The van der Waals surface area contributed by atoms with Gasteiger partial charge in [0.05, 0.1) is 17.7 Å². The number of carbonyl (C=O) groups excluding carboxylic acids is 3. The number of aliphatic hydroxyl groups excluding tert-OH is 2. The zero-order chi connectivity index (χ0) is 34.5. The molecule has 3 rings (SSSR count). The van der Waals surface area contributed by atoms with Crippen LogP contribution in [0, 0.1) is 17.8 Å². The van der Waals surface area contributed by atoms with Gasteiger partial charge in [0.15, 0.2) is 17.6 Å². The fourth-order valence-electron chi connectivity index (χ4n) is 6.07. The number of nitrogens with zero attached hydrogens (tertiary/aromatic N) is 1. The smallest absolute Gasteiger partial charge is 0.377 e. The van der Waals surface area contributed by atoms with E-state index in [1.807, 2.05) is 6.07 Å². The number of ether oxygens (including phenoxy) is 2. The molecule has 0 saturated carbocycles. The summed E-state index contributed by atoms with van der Waals surface area (Å²) in [6, 6.07) is 11.4. The lowest BCUT2D eigenvalue weighted by molar-refractivity contribution is -0.144. The van der Waals surface area contributed by atoms with Gasteiger partial charge in [0.25, 0.3) is 0 Å². The van der Waals surface area contributed by atoms with Crippen molar-refractivity contribution in [3.63, 3.8) is 0 Å². The summed E-state index contributed by atoms with van der Waals surface area (Å²) in [4.78, 5) is 40.8. The topological polar surface area (TPSA) is 134 Å². The van der Waals surface area contributed by atoms with Crippen molar-refractivity contribution in [1.29, 1.82) is 0 Å². The monoisotopic (exact) mass is 651 g/mol. The summed E-state index contributed by atoms with van der Waals surface area (Å²) in [6.45, 7) is 12.0. The van der Waals surface area contributed by atoms with E-state index in [0.717, 1.165) is 50.9 Å². The average molecular weight is 652 g/mol. The van der Waals surface area contributed by atoms with Gasteiger partial charge in [-0.3, -0.25) is 4.79 Å². The van der Waals surface area contributed by atoms with E-state index in [0.29, 0.717) is 11.8 Å². The van der Waals surface area contributed by atoms with Gasteiger partial charge in [-0.15, -0.1) is 0 Å². The molecule has 9 heteroatoms. The van der Waals surface area contributed by atoms with Crippen molar-refractivity contribution in [2.24, 2.45) is 17.8 Å². The minimum Gasteiger partial charge on any atom is -0.507 e. The van der Waals surface area contributed by atoms with E-state index in [4.69, 9.17) is 9.47 Å². The minimum atomic E-state index is -1.15. The fourth-order valence-corrected chi connectivity index (χ4v) is 6.07. The molecule has 0 fully saturated rings. The first-order valence-electron chi connectivity index (χ1n) is 17.3. The minimum absolute atomic E-state index is 0.0143. The van der Waals surface area contributed by atoms with Crippen LogP contribution in [-0.4, -0.2) is 58.8 Å². The molecule has 0 spiro atoms. The van der Waals surface area contributed by atoms with Crippen molar-refractivity contribution >= 4 is 23.4 Å². The quantitative estimate of drug-likeness (QED) is 0.0734. The van der Waals surface area contributed by atoms with E-state index in [2.05, 4.69) is 32.6 Å². The van der Waals surface area contributed by atoms with E-state index in [1.165, 1.54) is 37.8 Å². The largest absolute Gasteiger partial charge is 0.507 e. The number of unbranched alkanes of at least 4 members (excludes halogenated alkanes) is 3. The summed E-state index contributed by atoms with van der Waals surface area (Å²) in [7, 11) is 0.